The Labute approximate surface area is 78.2 Å². The van der Waals surface area contributed by atoms with E-state index >= 15 is 0 Å². The van der Waals surface area contributed by atoms with Crippen LogP contribution in [-0.4, -0.2) is 8.42 Å². The molecule has 1 aromatic rings. The maximum atomic E-state index is 12.6. The van der Waals surface area contributed by atoms with Crippen LogP contribution in [0.4, 0.5) is 13.2 Å². The second-order valence-electron chi connectivity index (χ2n) is 2.27. The van der Waals surface area contributed by atoms with Crippen LogP contribution in [0.2, 0.25) is 0 Å². The predicted octanol–water partition coefficient (Wildman–Crippen LogP) is 1.60. The summed E-state index contributed by atoms with van der Waals surface area (Å²) in [7, 11) is -1.73. The van der Waals surface area contributed by atoms with E-state index in [1.54, 1.807) is 0 Å². The van der Waals surface area contributed by atoms with Gasteiger partial charge in [0.15, 0.2) is 17.5 Å². The summed E-state index contributed by atoms with van der Waals surface area (Å²) in [6.07, 6.45) is 0. The Morgan fingerprint density at radius 2 is 1.57 bits per heavy atom. The second-order valence-corrected chi connectivity index (χ2v) is 3.89. The Kier molecular flexibility index (Phi) is 2.81. The Morgan fingerprint density at radius 3 is 1.93 bits per heavy atom. The van der Waals surface area contributed by atoms with E-state index < -0.39 is 32.5 Å². The van der Waals surface area contributed by atoms with Crippen LogP contribution < -0.4 is 0 Å². The van der Waals surface area contributed by atoms with Crippen molar-refractivity contribution >= 4 is 10.1 Å². The molecule has 14 heavy (non-hydrogen) atoms. The molecule has 0 saturated carbocycles. The van der Waals surface area contributed by atoms with Gasteiger partial charge >= 0.3 is 0 Å². The molecule has 0 aliphatic carbocycles. The highest BCUT2D eigenvalue weighted by Crippen LogP contribution is 2.18. The molecule has 0 amide bonds. The lowest BCUT2D eigenvalue weighted by Crippen LogP contribution is -2.04. The fourth-order valence-corrected chi connectivity index (χ4v) is 1.38. The van der Waals surface area contributed by atoms with Crippen LogP contribution in [0.15, 0.2) is 17.0 Å². The molecule has 0 atom stereocenters. The monoisotopic (exact) mass is 225 g/mol. The smallest absolute Gasteiger partial charge is 0.264 e. The molecule has 0 bridgehead atoms. The molecule has 0 saturated heterocycles. The Hall–Kier alpha value is -1.08. The number of hydrogen-bond donors (Lipinski definition) is 0. The Balaban J connectivity index is 3.41. The van der Waals surface area contributed by atoms with Crippen molar-refractivity contribution in [1.29, 1.82) is 0 Å². The molecule has 0 N–H and O–H groups in total. The van der Waals surface area contributed by atoms with Crippen molar-refractivity contribution < 1.29 is 25.8 Å². The maximum Gasteiger partial charge on any atom is 0.297 e. The average molecular weight is 225 g/mol. The van der Waals surface area contributed by atoms with Crippen molar-refractivity contribution in [1.82, 2.24) is 0 Å². The van der Waals surface area contributed by atoms with Crippen LogP contribution in [0, 0.1) is 24.6 Å². The van der Waals surface area contributed by atoms with E-state index in [-0.39, 0.29) is 0 Å². The van der Waals surface area contributed by atoms with Crippen LogP contribution in [0.3, 0.4) is 0 Å². The molecule has 3 nitrogen and oxygen atoms in total. The van der Waals surface area contributed by atoms with Crippen LogP contribution in [0.5, 0.6) is 0 Å². The Bertz CT molecular complexity index is 432. The summed E-state index contributed by atoms with van der Waals surface area (Å²) >= 11 is 0. The molecular formula is C7H4F3O3S. The summed E-state index contributed by atoms with van der Waals surface area (Å²) in [5.41, 5.74) is 0. The lowest BCUT2D eigenvalue weighted by Gasteiger charge is -2.02. The summed E-state index contributed by atoms with van der Waals surface area (Å²) in [5, 5.41) is 0. The normalized spacial score (nSPS) is 11.7. The molecule has 0 fully saturated rings. The van der Waals surface area contributed by atoms with Crippen molar-refractivity contribution in [3.63, 3.8) is 0 Å². The first kappa shape index (κ1) is 11.0. The van der Waals surface area contributed by atoms with Crippen molar-refractivity contribution in [2.45, 2.75) is 4.90 Å². The van der Waals surface area contributed by atoms with E-state index in [9.17, 15) is 21.6 Å². The molecule has 1 rings (SSSR count). The molecule has 0 aliphatic heterocycles. The zero-order valence-corrected chi connectivity index (χ0v) is 7.45. The predicted molar refractivity (Wildman–Crippen MR) is 39.9 cm³/mol. The van der Waals surface area contributed by atoms with Crippen LogP contribution in [0.25, 0.3) is 0 Å². The SMILES string of the molecule is [CH2]OS(=O)(=O)c1cc(F)c(F)c(F)c1. The second kappa shape index (κ2) is 3.58. The minimum absolute atomic E-state index is 0.304. The molecule has 0 unspecified atom stereocenters. The lowest BCUT2D eigenvalue weighted by atomic mass is 10.3. The van der Waals surface area contributed by atoms with E-state index in [2.05, 4.69) is 11.3 Å². The summed E-state index contributed by atoms with van der Waals surface area (Å²) in [5.74, 6) is -4.96. The van der Waals surface area contributed by atoms with Crippen molar-refractivity contribution in [3.8, 4) is 0 Å². The van der Waals surface area contributed by atoms with Crippen molar-refractivity contribution in [2.24, 2.45) is 0 Å². The molecule has 0 heterocycles. The first-order valence-corrected chi connectivity index (χ1v) is 4.62. The molecule has 1 radical (unpaired) electrons. The van der Waals surface area contributed by atoms with E-state index in [0.717, 1.165) is 0 Å². The van der Waals surface area contributed by atoms with Gasteiger partial charge in [0, 0.05) is 0 Å². The highest BCUT2D eigenvalue weighted by molar-refractivity contribution is 7.86. The topological polar surface area (TPSA) is 43.4 Å². The van der Waals surface area contributed by atoms with Crippen LogP contribution >= 0.6 is 0 Å². The first-order chi connectivity index (χ1) is 6.38. The van der Waals surface area contributed by atoms with Gasteiger partial charge in [-0.05, 0) is 12.1 Å². The summed E-state index contributed by atoms with van der Waals surface area (Å²) in [6.45, 7) is 0. The standard InChI is InChI=1S/C7H4F3O3S/c1-13-14(11,12)4-2-5(8)7(10)6(9)3-4/h2-3H,1H2. The van der Waals surface area contributed by atoms with Gasteiger partial charge in [-0.15, -0.1) is 0 Å². The Morgan fingerprint density at radius 1 is 1.14 bits per heavy atom. The number of benzene rings is 1. The van der Waals surface area contributed by atoms with Gasteiger partial charge in [-0.1, -0.05) is 0 Å². The minimum atomic E-state index is -4.32. The molecule has 77 valence electrons. The number of halogens is 3. The molecule has 0 spiro atoms. The van der Waals surface area contributed by atoms with Gasteiger partial charge in [-0.25, -0.2) is 13.2 Å². The molecule has 7 heteroatoms. The minimum Gasteiger partial charge on any atom is -0.264 e. The quantitative estimate of drug-likeness (QED) is 0.567. The van der Waals surface area contributed by atoms with Crippen molar-refractivity contribution in [3.05, 3.63) is 36.7 Å². The van der Waals surface area contributed by atoms with Crippen LogP contribution in [-0.2, 0) is 14.3 Å². The number of rotatable bonds is 2. The summed E-state index contributed by atoms with van der Waals surface area (Å²) < 4.78 is 63.0. The largest absolute Gasteiger partial charge is 0.297 e. The van der Waals surface area contributed by atoms with E-state index in [4.69, 9.17) is 0 Å². The molecular weight excluding hydrogens is 221 g/mol. The summed E-state index contributed by atoms with van der Waals surface area (Å²) in [4.78, 5) is -0.830. The highest BCUT2D eigenvalue weighted by atomic mass is 32.2. The third-order valence-corrected chi connectivity index (χ3v) is 2.52. The van der Waals surface area contributed by atoms with Gasteiger partial charge in [0.25, 0.3) is 10.1 Å². The van der Waals surface area contributed by atoms with Gasteiger partial charge < -0.3 is 0 Å². The summed E-state index contributed by atoms with van der Waals surface area (Å²) in [6, 6.07) is 0.609. The fourth-order valence-electron chi connectivity index (χ4n) is 0.745. The van der Waals surface area contributed by atoms with Gasteiger partial charge in [0.1, 0.15) is 4.90 Å². The van der Waals surface area contributed by atoms with Gasteiger partial charge in [0.2, 0.25) is 0 Å². The zero-order valence-electron chi connectivity index (χ0n) is 6.63. The fraction of sp³-hybridized carbons (Fsp3) is 0. The lowest BCUT2D eigenvalue weighted by molar-refractivity contribution is 0.425. The maximum absolute atomic E-state index is 12.6. The zero-order chi connectivity index (χ0) is 10.9. The highest BCUT2D eigenvalue weighted by Gasteiger charge is 2.19. The first-order valence-electron chi connectivity index (χ1n) is 3.21. The average Bonchev–Trinajstić information content (AvgIpc) is 2.13. The van der Waals surface area contributed by atoms with E-state index in [1.807, 2.05) is 0 Å². The van der Waals surface area contributed by atoms with Crippen LogP contribution in [0.1, 0.15) is 0 Å². The molecule has 1 aromatic carbocycles. The van der Waals surface area contributed by atoms with Gasteiger partial charge in [0.05, 0.1) is 7.11 Å². The van der Waals surface area contributed by atoms with E-state index in [0.29, 0.717) is 12.1 Å². The van der Waals surface area contributed by atoms with Crippen molar-refractivity contribution in [2.75, 3.05) is 0 Å². The molecule has 0 aliphatic rings. The van der Waals surface area contributed by atoms with Gasteiger partial charge in [-0.2, -0.15) is 8.42 Å². The third kappa shape index (κ3) is 1.88. The third-order valence-electron chi connectivity index (χ3n) is 1.40. The number of hydrogen-bond acceptors (Lipinski definition) is 3. The van der Waals surface area contributed by atoms with E-state index in [1.165, 1.54) is 0 Å². The molecule has 0 aromatic heterocycles. The van der Waals surface area contributed by atoms with Gasteiger partial charge in [-0.3, -0.25) is 4.18 Å².